The number of nitrogens with one attached hydrogen (secondary N) is 1. The van der Waals surface area contributed by atoms with Crippen molar-refractivity contribution in [3.8, 4) is 0 Å². The average molecular weight is 441 g/mol. The van der Waals surface area contributed by atoms with Crippen LogP contribution in [0.15, 0.2) is 48.7 Å². The van der Waals surface area contributed by atoms with Gasteiger partial charge in [-0.25, -0.2) is 4.98 Å². The molecular weight excluding hydrogens is 412 g/mol. The summed E-state index contributed by atoms with van der Waals surface area (Å²) in [5.41, 5.74) is 1.53. The van der Waals surface area contributed by atoms with Gasteiger partial charge in [0.25, 0.3) is 5.91 Å². The Labute approximate surface area is 187 Å². The van der Waals surface area contributed by atoms with Gasteiger partial charge in [0, 0.05) is 31.6 Å². The smallest absolute Gasteiger partial charge is 0.256 e. The monoisotopic (exact) mass is 440 g/mol. The molecule has 2 aliphatic rings. The molecule has 3 heterocycles. The molecule has 164 valence electrons. The van der Waals surface area contributed by atoms with Crippen LogP contribution in [0.2, 0.25) is 0 Å². The number of nitrogens with zero attached hydrogens (tertiary/aromatic N) is 3. The molecule has 2 amide bonds. The quantitative estimate of drug-likeness (QED) is 0.770. The average Bonchev–Trinajstić information content (AvgIpc) is 3.27. The lowest BCUT2D eigenvalue weighted by molar-refractivity contribution is -0.124. The van der Waals surface area contributed by atoms with E-state index in [1.165, 1.54) is 0 Å². The third kappa shape index (κ3) is 5.19. The van der Waals surface area contributed by atoms with Gasteiger partial charge in [-0.05, 0) is 31.5 Å². The molecule has 0 saturated carbocycles. The number of carbonyl (C=O) groups is 2. The van der Waals surface area contributed by atoms with Crippen LogP contribution in [-0.4, -0.2) is 64.7 Å². The van der Waals surface area contributed by atoms with Gasteiger partial charge in [-0.3, -0.25) is 9.59 Å². The molecule has 2 fully saturated rings. The van der Waals surface area contributed by atoms with Gasteiger partial charge in [-0.2, -0.15) is 0 Å². The summed E-state index contributed by atoms with van der Waals surface area (Å²) in [4.78, 5) is 34.2. The highest BCUT2D eigenvalue weighted by Gasteiger charge is 2.35. The minimum atomic E-state index is -0.471. The van der Waals surface area contributed by atoms with Crippen LogP contribution in [0.3, 0.4) is 0 Å². The van der Waals surface area contributed by atoms with E-state index in [0.717, 1.165) is 24.5 Å². The molecule has 31 heavy (non-hydrogen) atoms. The van der Waals surface area contributed by atoms with Crippen molar-refractivity contribution in [2.45, 2.75) is 38.6 Å². The fourth-order valence-electron chi connectivity index (χ4n) is 3.99. The first-order valence-corrected chi connectivity index (χ1v) is 11.7. The van der Waals surface area contributed by atoms with Crippen molar-refractivity contribution in [2.75, 3.05) is 29.6 Å². The van der Waals surface area contributed by atoms with Gasteiger partial charge in [0.15, 0.2) is 0 Å². The topological polar surface area (TPSA) is 74.8 Å². The molecule has 0 unspecified atom stereocenters. The second-order valence-electron chi connectivity index (χ2n) is 8.06. The predicted molar refractivity (Wildman–Crippen MR) is 122 cm³/mol. The molecule has 0 bridgehead atoms. The fourth-order valence-corrected chi connectivity index (χ4v) is 5.15. The number of amides is 2. The summed E-state index contributed by atoms with van der Waals surface area (Å²) in [7, 11) is 0. The van der Waals surface area contributed by atoms with Crippen molar-refractivity contribution in [3.05, 3.63) is 59.8 Å². The van der Waals surface area contributed by atoms with Crippen LogP contribution in [0, 0.1) is 0 Å². The van der Waals surface area contributed by atoms with Gasteiger partial charge in [-0.1, -0.05) is 30.3 Å². The lowest BCUT2D eigenvalue weighted by Crippen LogP contribution is -2.47. The van der Waals surface area contributed by atoms with Gasteiger partial charge < -0.3 is 19.9 Å². The zero-order valence-corrected chi connectivity index (χ0v) is 18.7. The van der Waals surface area contributed by atoms with Crippen molar-refractivity contribution in [2.24, 2.45) is 0 Å². The van der Waals surface area contributed by atoms with E-state index in [0.29, 0.717) is 23.7 Å². The summed E-state index contributed by atoms with van der Waals surface area (Å²) in [6.07, 6.45) is 1.90. The van der Waals surface area contributed by atoms with E-state index in [2.05, 4.69) is 29.0 Å². The maximum atomic E-state index is 13.1. The normalized spacial score (nSPS) is 23.6. The Balaban J connectivity index is 1.39. The van der Waals surface area contributed by atoms with Crippen LogP contribution >= 0.6 is 11.8 Å². The fraction of sp³-hybridized carbons (Fsp3) is 0.435. The second kappa shape index (κ2) is 9.70. The number of aromatic nitrogens is 1. The summed E-state index contributed by atoms with van der Waals surface area (Å²) in [5, 5.41) is 2.96. The van der Waals surface area contributed by atoms with Crippen LogP contribution in [0.5, 0.6) is 0 Å². The van der Waals surface area contributed by atoms with Crippen LogP contribution < -0.4 is 10.2 Å². The number of anilines is 1. The van der Waals surface area contributed by atoms with Crippen LogP contribution in [0.1, 0.15) is 29.8 Å². The molecule has 4 rings (SSSR count). The molecule has 0 spiro atoms. The molecule has 0 aliphatic carbocycles. The van der Waals surface area contributed by atoms with Crippen molar-refractivity contribution in [1.29, 1.82) is 0 Å². The van der Waals surface area contributed by atoms with Crippen LogP contribution in [-0.2, 0) is 16.1 Å². The number of benzene rings is 1. The third-order valence-electron chi connectivity index (χ3n) is 5.49. The summed E-state index contributed by atoms with van der Waals surface area (Å²) in [5.74, 6) is 1.66. The van der Waals surface area contributed by atoms with E-state index in [1.54, 1.807) is 28.9 Å². The Kier molecular flexibility index (Phi) is 6.77. The molecule has 7 nitrogen and oxygen atoms in total. The van der Waals surface area contributed by atoms with E-state index in [1.807, 2.05) is 36.4 Å². The van der Waals surface area contributed by atoms with Crippen molar-refractivity contribution in [1.82, 2.24) is 15.2 Å². The third-order valence-corrected chi connectivity index (χ3v) is 6.51. The van der Waals surface area contributed by atoms with Gasteiger partial charge in [0.1, 0.15) is 11.9 Å². The predicted octanol–water partition coefficient (Wildman–Crippen LogP) is 2.53. The summed E-state index contributed by atoms with van der Waals surface area (Å²) in [6.45, 7) is 6.10. The van der Waals surface area contributed by atoms with E-state index in [9.17, 15) is 9.59 Å². The van der Waals surface area contributed by atoms with E-state index < -0.39 is 6.04 Å². The first-order valence-electron chi connectivity index (χ1n) is 10.6. The van der Waals surface area contributed by atoms with Gasteiger partial charge in [0.2, 0.25) is 5.91 Å². The molecule has 2 saturated heterocycles. The van der Waals surface area contributed by atoms with Gasteiger partial charge in [-0.15, -0.1) is 11.8 Å². The van der Waals surface area contributed by atoms with E-state index >= 15 is 0 Å². The van der Waals surface area contributed by atoms with E-state index in [4.69, 9.17) is 4.74 Å². The molecular formula is C23H28N4O3S. The second-order valence-corrected chi connectivity index (χ2v) is 9.06. The summed E-state index contributed by atoms with van der Waals surface area (Å²) >= 11 is 1.59. The molecule has 2 aromatic rings. The molecule has 8 heteroatoms. The minimum absolute atomic E-state index is 0.122. The van der Waals surface area contributed by atoms with Gasteiger partial charge >= 0.3 is 0 Å². The molecule has 1 aromatic heterocycles. The lowest BCUT2D eigenvalue weighted by atomic mass is 10.2. The highest BCUT2D eigenvalue weighted by atomic mass is 32.2. The number of rotatable bonds is 5. The molecule has 3 atom stereocenters. The van der Waals surface area contributed by atoms with E-state index in [-0.39, 0.29) is 24.0 Å². The molecule has 1 aromatic carbocycles. The molecule has 1 N–H and O–H groups in total. The number of hydrogen-bond acceptors (Lipinski definition) is 6. The Morgan fingerprint density at radius 3 is 2.55 bits per heavy atom. The SMILES string of the molecule is C[C@@H]1CN(c2ccc(C(=O)N3CSC[C@@H]3C(=O)NCc3ccccc3)cn2)C[C@@H](C)O1. The standard InChI is InChI=1S/C23H28N4O3S/c1-16-12-26(13-17(2)30-16)21-9-8-19(11-24-21)23(29)27-15-31-14-20(27)22(28)25-10-18-6-4-3-5-7-18/h3-9,11,16-17,20H,10,12-15H2,1-2H3,(H,25,28)/t16-,17-,20-/m1/s1. The number of pyridine rings is 1. The summed E-state index contributed by atoms with van der Waals surface area (Å²) in [6, 6.07) is 13.0. The Morgan fingerprint density at radius 2 is 1.87 bits per heavy atom. The number of morpholine rings is 1. The Hall–Kier alpha value is -2.58. The van der Waals surface area contributed by atoms with Crippen molar-refractivity contribution in [3.63, 3.8) is 0 Å². The van der Waals surface area contributed by atoms with Crippen molar-refractivity contribution >= 4 is 29.4 Å². The molecule has 2 aliphatic heterocycles. The lowest BCUT2D eigenvalue weighted by Gasteiger charge is -2.36. The largest absolute Gasteiger partial charge is 0.372 e. The molecule has 0 radical (unpaired) electrons. The van der Waals surface area contributed by atoms with Crippen molar-refractivity contribution < 1.29 is 14.3 Å². The van der Waals surface area contributed by atoms with Crippen LogP contribution in [0.4, 0.5) is 5.82 Å². The highest BCUT2D eigenvalue weighted by Crippen LogP contribution is 2.24. The minimum Gasteiger partial charge on any atom is -0.372 e. The first kappa shape index (κ1) is 21.6. The maximum absolute atomic E-state index is 13.1. The highest BCUT2D eigenvalue weighted by molar-refractivity contribution is 7.99. The maximum Gasteiger partial charge on any atom is 0.256 e. The number of carbonyl (C=O) groups excluding carboxylic acids is 2. The van der Waals surface area contributed by atoms with Crippen LogP contribution in [0.25, 0.3) is 0 Å². The zero-order valence-electron chi connectivity index (χ0n) is 17.9. The van der Waals surface area contributed by atoms with Gasteiger partial charge in [0.05, 0.1) is 23.6 Å². The Bertz CT molecular complexity index is 899. The Morgan fingerprint density at radius 1 is 1.13 bits per heavy atom. The number of hydrogen-bond donors (Lipinski definition) is 1. The summed E-state index contributed by atoms with van der Waals surface area (Å²) < 4.78 is 5.78. The number of ether oxygens (including phenoxy) is 1. The number of thioether (sulfide) groups is 1. The zero-order chi connectivity index (χ0) is 21.8. The first-order chi connectivity index (χ1) is 15.0.